The molecule has 0 saturated carbocycles. The van der Waals surface area contributed by atoms with Crippen LogP contribution in [0.25, 0.3) is 0 Å². The van der Waals surface area contributed by atoms with Gasteiger partial charge in [0, 0.05) is 30.8 Å². The second kappa shape index (κ2) is 6.82. The van der Waals surface area contributed by atoms with Gasteiger partial charge in [-0.15, -0.1) is 0 Å². The maximum atomic E-state index is 12.1. The Kier molecular flexibility index (Phi) is 4.79. The quantitative estimate of drug-likeness (QED) is 0.668. The van der Waals surface area contributed by atoms with Crippen LogP contribution >= 0.6 is 11.6 Å². The van der Waals surface area contributed by atoms with E-state index in [1.54, 1.807) is 0 Å². The summed E-state index contributed by atoms with van der Waals surface area (Å²) in [5.41, 5.74) is 0.0920. The van der Waals surface area contributed by atoms with Gasteiger partial charge in [-0.05, 0) is 31.5 Å². The molecule has 1 N–H and O–H groups in total. The molecule has 1 aromatic rings. The number of fused-ring (bicyclic) bond motifs is 1. The van der Waals surface area contributed by atoms with E-state index in [1.165, 1.54) is 31.0 Å². The number of rotatable bonds is 4. The lowest BCUT2D eigenvalue weighted by Gasteiger charge is -2.35. The van der Waals surface area contributed by atoms with Crippen LogP contribution < -0.4 is 5.32 Å². The minimum Gasteiger partial charge on any atom is -0.373 e. The van der Waals surface area contributed by atoms with Crippen LogP contribution in [0.1, 0.15) is 23.2 Å². The first-order valence-corrected chi connectivity index (χ1v) is 8.00. The number of carbonyl (C=O) groups excluding carboxylic acids is 1. The fraction of sp³-hybridized carbons (Fsp3) is 0.533. The molecular weight excluding hydrogens is 322 g/mol. The van der Waals surface area contributed by atoms with Crippen LogP contribution in [0.5, 0.6) is 0 Å². The van der Waals surface area contributed by atoms with Crippen molar-refractivity contribution in [3.05, 3.63) is 38.9 Å². The van der Waals surface area contributed by atoms with E-state index in [4.69, 9.17) is 16.3 Å². The first-order valence-electron chi connectivity index (χ1n) is 7.62. The average Bonchev–Trinajstić information content (AvgIpc) is 2.99. The normalized spacial score (nSPS) is 24.2. The highest BCUT2D eigenvalue weighted by Crippen LogP contribution is 2.25. The Balaban J connectivity index is 1.55. The van der Waals surface area contributed by atoms with Gasteiger partial charge in [0.2, 0.25) is 0 Å². The average molecular weight is 340 g/mol. The Morgan fingerprint density at radius 1 is 1.52 bits per heavy atom. The molecule has 0 aliphatic carbocycles. The fourth-order valence-electron chi connectivity index (χ4n) is 3.11. The Bertz CT molecular complexity index is 625. The van der Waals surface area contributed by atoms with E-state index in [-0.39, 0.29) is 22.7 Å². The van der Waals surface area contributed by atoms with Crippen LogP contribution in [0.15, 0.2) is 18.2 Å². The van der Waals surface area contributed by atoms with Crippen LogP contribution in [0.4, 0.5) is 5.69 Å². The lowest BCUT2D eigenvalue weighted by Crippen LogP contribution is -2.50. The lowest BCUT2D eigenvalue weighted by molar-refractivity contribution is -0.384. The van der Waals surface area contributed by atoms with Crippen LogP contribution in [0.3, 0.4) is 0 Å². The third-order valence-electron chi connectivity index (χ3n) is 4.36. The molecule has 0 bridgehead atoms. The number of hydrogen-bond acceptors (Lipinski definition) is 5. The number of carbonyl (C=O) groups is 1. The summed E-state index contributed by atoms with van der Waals surface area (Å²) in [6.07, 6.45) is 2.36. The highest BCUT2D eigenvalue weighted by Gasteiger charge is 2.32. The topological polar surface area (TPSA) is 84.7 Å². The highest BCUT2D eigenvalue weighted by molar-refractivity contribution is 6.33. The molecule has 7 nitrogen and oxygen atoms in total. The van der Waals surface area contributed by atoms with Crippen molar-refractivity contribution in [3.63, 3.8) is 0 Å². The number of hydrogen-bond donors (Lipinski definition) is 1. The zero-order chi connectivity index (χ0) is 16.4. The Morgan fingerprint density at radius 2 is 2.35 bits per heavy atom. The van der Waals surface area contributed by atoms with E-state index in [0.717, 1.165) is 13.1 Å². The van der Waals surface area contributed by atoms with Crippen molar-refractivity contribution < 1.29 is 14.5 Å². The van der Waals surface area contributed by atoms with Gasteiger partial charge in [-0.25, -0.2) is 0 Å². The van der Waals surface area contributed by atoms with Crippen molar-refractivity contribution in [3.8, 4) is 0 Å². The maximum absolute atomic E-state index is 12.1. The summed E-state index contributed by atoms with van der Waals surface area (Å²) in [6.45, 7) is 3.04. The molecule has 0 radical (unpaired) electrons. The van der Waals surface area contributed by atoms with E-state index in [9.17, 15) is 14.9 Å². The molecule has 2 aliphatic heterocycles. The summed E-state index contributed by atoms with van der Waals surface area (Å²) in [7, 11) is 0. The zero-order valence-corrected chi connectivity index (χ0v) is 13.3. The van der Waals surface area contributed by atoms with Gasteiger partial charge in [0.15, 0.2) is 0 Å². The van der Waals surface area contributed by atoms with Gasteiger partial charge < -0.3 is 10.1 Å². The van der Waals surface area contributed by atoms with E-state index in [2.05, 4.69) is 10.2 Å². The van der Waals surface area contributed by atoms with Crippen molar-refractivity contribution in [2.75, 3.05) is 26.2 Å². The minimum absolute atomic E-state index is 0.0261. The number of morpholine rings is 1. The van der Waals surface area contributed by atoms with Crippen molar-refractivity contribution in [2.45, 2.75) is 25.0 Å². The van der Waals surface area contributed by atoms with Gasteiger partial charge in [-0.3, -0.25) is 19.8 Å². The first kappa shape index (κ1) is 16.2. The van der Waals surface area contributed by atoms with Gasteiger partial charge >= 0.3 is 0 Å². The van der Waals surface area contributed by atoms with Crippen molar-refractivity contribution in [1.29, 1.82) is 0 Å². The molecule has 8 heteroatoms. The monoisotopic (exact) mass is 339 g/mol. The molecule has 0 unspecified atom stereocenters. The molecule has 2 aliphatic rings. The number of benzene rings is 1. The summed E-state index contributed by atoms with van der Waals surface area (Å²) < 4.78 is 5.78. The largest absolute Gasteiger partial charge is 0.373 e. The Hall–Kier alpha value is -1.70. The molecule has 1 aromatic carbocycles. The molecule has 23 heavy (non-hydrogen) atoms. The third kappa shape index (κ3) is 3.63. The number of nitrogens with zero attached hydrogens (tertiary/aromatic N) is 2. The van der Waals surface area contributed by atoms with Gasteiger partial charge in [0.05, 0.1) is 17.6 Å². The standard InChI is InChI=1S/C15H18ClN3O4/c16-13-6-10(3-4-14(13)19(21)22)15(20)17-7-12-8-18-5-1-2-11(18)9-23-12/h3-4,6,11-12H,1-2,5,7-9H2,(H,17,20)/t11-,12-/m0/s1. The molecule has 2 heterocycles. The van der Waals surface area contributed by atoms with Crippen molar-refractivity contribution in [2.24, 2.45) is 0 Å². The van der Waals surface area contributed by atoms with E-state index in [0.29, 0.717) is 24.8 Å². The smallest absolute Gasteiger partial charge is 0.287 e. The second-order valence-electron chi connectivity index (χ2n) is 5.88. The maximum Gasteiger partial charge on any atom is 0.287 e. The highest BCUT2D eigenvalue weighted by atomic mass is 35.5. The fourth-order valence-corrected chi connectivity index (χ4v) is 3.36. The van der Waals surface area contributed by atoms with Crippen molar-refractivity contribution in [1.82, 2.24) is 10.2 Å². The molecule has 0 aromatic heterocycles. The Labute approximate surface area is 138 Å². The van der Waals surface area contributed by atoms with Gasteiger partial charge in [-0.2, -0.15) is 0 Å². The number of nitro benzene ring substituents is 1. The van der Waals surface area contributed by atoms with Gasteiger partial charge in [-0.1, -0.05) is 11.6 Å². The molecule has 2 fully saturated rings. The summed E-state index contributed by atoms with van der Waals surface area (Å²) in [5.74, 6) is -0.311. The molecule has 1 amide bonds. The molecule has 124 valence electrons. The predicted octanol–water partition coefficient (Wildman–Crippen LogP) is 1.84. The molecular formula is C15H18ClN3O4. The van der Waals surface area contributed by atoms with Crippen LogP contribution in [0.2, 0.25) is 5.02 Å². The summed E-state index contributed by atoms with van der Waals surface area (Å²) in [4.78, 5) is 24.7. The minimum atomic E-state index is -0.577. The predicted molar refractivity (Wildman–Crippen MR) is 84.8 cm³/mol. The van der Waals surface area contributed by atoms with E-state index in [1.807, 2.05) is 0 Å². The van der Waals surface area contributed by atoms with Gasteiger partial charge in [0.25, 0.3) is 11.6 Å². The van der Waals surface area contributed by atoms with Crippen LogP contribution in [-0.4, -0.2) is 54.1 Å². The number of halogens is 1. The first-order chi connectivity index (χ1) is 11.0. The second-order valence-corrected chi connectivity index (χ2v) is 6.29. The number of nitro groups is 1. The van der Waals surface area contributed by atoms with E-state index >= 15 is 0 Å². The summed E-state index contributed by atoms with van der Waals surface area (Å²) in [5, 5.41) is 13.5. The number of amides is 1. The summed E-state index contributed by atoms with van der Waals surface area (Å²) >= 11 is 5.83. The molecule has 0 spiro atoms. The van der Waals surface area contributed by atoms with Gasteiger partial charge in [0.1, 0.15) is 5.02 Å². The van der Waals surface area contributed by atoms with Crippen LogP contribution in [-0.2, 0) is 4.74 Å². The Morgan fingerprint density at radius 3 is 3.09 bits per heavy atom. The lowest BCUT2D eigenvalue weighted by atomic mass is 10.1. The SMILES string of the molecule is O=C(NC[C@H]1CN2CCC[C@H]2CO1)c1ccc([N+](=O)[O-])c(Cl)c1. The molecule has 2 saturated heterocycles. The van der Waals surface area contributed by atoms with E-state index < -0.39 is 4.92 Å². The third-order valence-corrected chi connectivity index (χ3v) is 4.66. The molecule has 2 atom stereocenters. The van der Waals surface area contributed by atoms with Crippen LogP contribution in [0, 0.1) is 10.1 Å². The zero-order valence-electron chi connectivity index (χ0n) is 12.5. The molecule has 3 rings (SSSR count). The number of ether oxygens (including phenoxy) is 1. The number of nitrogens with one attached hydrogen (secondary N) is 1. The summed E-state index contributed by atoms with van der Waals surface area (Å²) in [6, 6.07) is 4.48. The van der Waals surface area contributed by atoms with Crippen molar-refractivity contribution >= 4 is 23.2 Å².